The maximum atomic E-state index is 12.2. The Labute approximate surface area is 122 Å². The van der Waals surface area contributed by atoms with Crippen LogP contribution in [0.15, 0.2) is 29.2 Å². The molecule has 2 amide bonds. The van der Waals surface area contributed by atoms with Crippen molar-refractivity contribution < 1.29 is 18.0 Å². The molecule has 1 aromatic carbocycles. The number of rotatable bonds is 4. The Morgan fingerprint density at radius 3 is 2.52 bits per heavy atom. The Morgan fingerprint density at radius 1 is 1.24 bits per heavy atom. The number of piperazine rings is 1. The number of hydrogen-bond donors (Lipinski definition) is 1. The van der Waals surface area contributed by atoms with Gasteiger partial charge in [0.2, 0.25) is 11.8 Å². The smallest absolute Gasteiger partial charge is 0.240 e. The number of carbonyl (C=O) groups excluding carboxylic acids is 2. The van der Waals surface area contributed by atoms with Crippen molar-refractivity contribution in [1.82, 2.24) is 10.2 Å². The van der Waals surface area contributed by atoms with Crippen LogP contribution in [0, 0.1) is 11.3 Å². The van der Waals surface area contributed by atoms with Crippen LogP contribution < -0.4 is 5.32 Å². The largest absolute Gasteiger partial charge is 0.294 e. The van der Waals surface area contributed by atoms with Crippen LogP contribution in [0.5, 0.6) is 0 Å². The number of nitriles is 1. The molecule has 0 unspecified atom stereocenters. The van der Waals surface area contributed by atoms with Gasteiger partial charge in [-0.3, -0.25) is 19.8 Å². The highest BCUT2D eigenvalue weighted by atomic mass is 32.2. The lowest BCUT2D eigenvalue weighted by atomic mass is 10.2. The van der Waals surface area contributed by atoms with Crippen LogP contribution in [-0.2, 0) is 19.4 Å². The summed E-state index contributed by atoms with van der Waals surface area (Å²) in [4.78, 5) is 23.9. The molecule has 0 aliphatic carbocycles. The Hall–Kier alpha value is -2.24. The molecule has 0 saturated carbocycles. The van der Waals surface area contributed by atoms with E-state index in [-0.39, 0.29) is 35.8 Å². The molecular weight excluding hydrogens is 294 g/mol. The zero-order valence-electron chi connectivity index (χ0n) is 11.1. The minimum absolute atomic E-state index is 0.000501. The number of amides is 2. The van der Waals surface area contributed by atoms with Crippen LogP contribution in [0.25, 0.3) is 0 Å². The van der Waals surface area contributed by atoms with Crippen molar-refractivity contribution in [2.45, 2.75) is 4.90 Å². The van der Waals surface area contributed by atoms with E-state index in [1.165, 1.54) is 29.2 Å². The Kier molecular flexibility index (Phi) is 4.35. The van der Waals surface area contributed by atoms with E-state index in [0.717, 1.165) is 0 Å². The molecular formula is C13H13N3O4S. The molecule has 0 radical (unpaired) electrons. The number of imide groups is 1. The summed E-state index contributed by atoms with van der Waals surface area (Å²) in [5, 5.41) is 10.9. The lowest BCUT2D eigenvalue weighted by Crippen LogP contribution is -2.52. The maximum absolute atomic E-state index is 12.2. The molecule has 2 rings (SSSR count). The Morgan fingerprint density at radius 2 is 1.90 bits per heavy atom. The summed E-state index contributed by atoms with van der Waals surface area (Å²) in [7, 11) is -3.56. The van der Waals surface area contributed by atoms with Crippen molar-refractivity contribution in [3.05, 3.63) is 29.8 Å². The summed E-state index contributed by atoms with van der Waals surface area (Å²) < 4.78 is 24.4. The third-order valence-electron chi connectivity index (χ3n) is 3.01. The standard InChI is InChI=1S/C13H13N3O4S/c14-7-10-2-1-3-11(6-10)21(19,20)5-4-16-8-12(17)15-13(18)9-16/h1-3,6H,4-5,8-9H2,(H,15,17,18). The molecule has 1 saturated heterocycles. The predicted octanol–water partition coefficient (Wildman–Crippen LogP) is -0.710. The molecule has 8 heteroatoms. The second-order valence-corrected chi connectivity index (χ2v) is 6.75. The van der Waals surface area contributed by atoms with E-state index in [1.54, 1.807) is 0 Å². The molecule has 7 nitrogen and oxygen atoms in total. The van der Waals surface area contributed by atoms with Crippen molar-refractivity contribution in [3.63, 3.8) is 0 Å². The summed E-state index contributed by atoms with van der Waals surface area (Å²) in [5.74, 6) is -1.09. The van der Waals surface area contributed by atoms with Gasteiger partial charge in [-0.1, -0.05) is 6.07 Å². The highest BCUT2D eigenvalue weighted by Gasteiger charge is 2.24. The Balaban J connectivity index is 2.06. The fourth-order valence-electron chi connectivity index (χ4n) is 1.98. The van der Waals surface area contributed by atoms with Gasteiger partial charge in [-0.05, 0) is 18.2 Å². The van der Waals surface area contributed by atoms with Gasteiger partial charge in [0.1, 0.15) is 0 Å². The number of hydrogen-bond acceptors (Lipinski definition) is 6. The van der Waals surface area contributed by atoms with E-state index in [0.29, 0.717) is 0 Å². The summed E-state index contributed by atoms with van der Waals surface area (Å²) in [6.07, 6.45) is 0. The summed E-state index contributed by atoms with van der Waals surface area (Å²) >= 11 is 0. The van der Waals surface area contributed by atoms with E-state index in [9.17, 15) is 18.0 Å². The van der Waals surface area contributed by atoms with Crippen molar-refractivity contribution in [1.29, 1.82) is 5.26 Å². The van der Waals surface area contributed by atoms with Crippen LogP contribution in [0.1, 0.15) is 5.56 Å². The fourth-order valence-corrected chi connectivity index (χ4v) is 3.31. The van der Waals surface area contributed by atoms with Crippen molar-refractivity contribution in [2.24, 2.45) is 0 Å². The normalized spacial score (nSPS) is 16.3. The van der Waals surface area contributed by atoms with Gasteiger partial charge in [-0.2, -0.15) is 5.26 Å². The van der Waals surface area contributed by atoms with Gasteiger partial charge in [0.05, 0.1) is 35.4 Å². The third-order valence-corrected chi connectivity index (χ3v) is 4.70. The maximum Gasteiger partial charge on any atom is 0.240 e. The molecule has 1 aliphatic rings. The van der Waals surface area contributed by atoms with Crippen molar-refractivity contribution in [2.75, 3.05) is 25.4 Å². The first-order valence-electron chi connectivity index (χ1n) is 6.19. The fraction of sp³-hybridized carbons (Fsp3) is 0.308. The molecule has 1 heterocycles. The molecule has 0 atom stereocenters. The van der Waals surface area contributed by atoms with Gasteiger partial charge in [-0.25, -0.2) is 8.42 Å². The predicted molar refractivity (Wildman–Crippen MR) is 72.8 cm³/mol. The van der Waals surface area contributed by atoms with Gasteiger partial charge in [-0.15, -0.1) is 0 Å². The van der Waals surface area contributed by atoms with E-state index in [2.05, 4.69) is 5.32 Å². The number of carbonyl (C=O) groups is 2. The first kappa shape index (κ1) is 15.2. The van der Waals surface area contributed by atoms with Crippen LogP contribution in [0.4, 0.5) is 0 Å². The number of sulfone groups is 1. The van der Waals surface area contributed by atoms with Crippen LogP contribution in [0.2, 0.25) is 0 Å². The summed E-state index contributed by atoms with van der Waals surface area (Å²) in [6, 6.07) is 7.64. The molecule has 0 aromatic heterocycles. The van der Waals surface area contributed by atoms with Gasteiger partial charge < -0.3 is 0 Å². The van der Waals surface area contributed by atoms with Crippen molar-refractivity contribution >= 4 is 21.7 Å². The van der Waals surface area contributed by atoms with E-state index >= 15 is 0 Å². The second-order valence-electron chi connectivity index (χ2n) is 4.64. The van der Waals surface area contributed by atoms with Gasteiger partial charge in [0.15, 0.2) is 9.84 Å². The summed E-state index contributed by atoms with van der Waals surface area (Å²) in [6.45, 7) is 0.0806. The van der Waals surface area contributed by atoms with Crippen LogP contribution in [-0.4, -0.2) is 50.5 Å². The zero-order chi connectivity index (χ0) is 15.5. The average Bonchev–Trinajstić information content (AvgIpc) is 2.44. The Bertz CT molecular complexity index is 705. The number of benzene rings is 1. The van der Waals surface area contributed by atoms with Crippen LogP contribution >= 0.6 is 0 Å². The van der Waals surface area contributed by atoms with Crippen LogP contribution in [0.3, 0.4) is 0 Å². The van der Waals surface area contributed by atoms with E-state index in [1.807, 2.05) is 6.07 Å². The molecule has 0 bridgehead atoms. The first-order chi connectivity index (χ1) is 9.90. The second kappa shape index (κ2) is 6.03. The lowest BCUT2D eigenvalue weighted by molar-refractivity contribution is -0.135. The van der Waals surface area contributed by atoms with E-state index < -0.39 is 21.7 Å². The third kappa shape index (κ3) is 3.87. The SMILES string of the molecule is N#Cc1cccc(S(=O)(=O)CCN2CC(=O)NC(=O)C2)c1. The monoisotopic (exact) mass is 307 g/mol. The van der Waals surface area contributed by atoms with Crippen molar-refractivity contribution in [3.8, 4) is 6.07 Å². The minimum atomic E-state index is -3.56. The average molecular weight is 307 g/mol. The molecule has 1 N–H and O–H groups in total. The molecule has 1 aliphatic heterocycles. The molecule has 1 fully saturated rings. The first-order valence-corrected chi connectivity index (χ1v) is 7.84. The quantitative estimate of drug-likeness (QED) is 0.736. The van der Waals surface area contributed by atoms with Gasteiger partial charge in [0, 0.05) is 6.54 Å². The lowest BCUT2D eigenvalue weighted by Gasteiger charge is -2.24. The molecule has 0 spiro atoms. The van der Waals surface area contributed by atoms with Gasteiger partial charge >= 0.3 is 0 Å². The highest BCUT2D eigenvalue weighted by molar-refractivity contribution is 7.91. The topological polar surface area (TPSA) is 107 Å². The van der Waals surface area contributed by atoms with E-state index in [4.69, 9.17) is 5.26 Å². The molecule has 21 heavy (non-hydrogen) atoms. The minimum Gasteiger partial charge on any atom is -0.294 e. The zero-order valence-corrected chi connectivity index (χ0v) is 11.9. The number of nitrogens with one attached hydrogen (secondary N) is 1. The summed E-state index contributed by atoms with van der Waals surface area (Å²) in [5.41, 5.74) is 0.267. The number of nitrogens with zero attached hydrogens (tertiary/aromatic N) is 2. The molecule has 110 valence electrons. The van der Waals surface area contributed by atoms with Gasteiger partial charge in [0.25, 0.3) is 0 Å². The highest BCUT2D eigenvalue weighted by Crippen LogP contribution is 2.13. The molecule has 1 aromatic rings.